The lowest BCUT2D eigenvalue weighted by atomic mass is 9.84. The minimum Gasteiger partial charge on any atom is -0.493 e. The molecule has 10 nitrogen and oxygen atoms in total. The number of nitrogens with one attached hydrogen (secondary N) is 1. The third kappa shape index (κ3) is 9.74. The van der Waals surface area contributed by atoms with Crippen LogP contribution in [0.1, 0.15) is 84.5 Å². The first-order valence-corrected chi connectivity index (χ1v) is 15.8. The number of carbonyl (C=O) groups is 2. The van der Waals surface area contributed by atoms with Gasteiger partial charge in [0.15, 0.2) is 5.82 Å². The quantitative estimate of drug-likeness (QED) is 0.322. The molecule has 250 valence electrons. The Morgan fingerprint density at radius 3 is 2.44 bits per heavy atom. The summed E-state index contributed by atoms with van der Waals surface area (Å²) in [5.41, 5.74) is -0.700. The van der Waals surface area contributed by atoms with Crippen LogP contribution in [-0.4, -0.2) is 77.4 Å². The molecule has 2 saturated heterocycles. The molecule has 2 unspecified atom stereocenters. The molecule has 4 rings (SSSR count). The third-order valence-electron chi connectivity index (χ3n) is 8.32. The van der Waals surface area contributed by atoms with E-state index in [4.69, 9.17) is 14.0 Å². The summed E-state index contributed by atoms with van der Waals surface area (Å²) in [6.45, 7) is 12.4. The van der Waals surface area contributed by atoms with Gasteiger partial charge < -0.3 is 29.1 Å². The summed E-state index contributed by atoms with van der Waals surface area (Å²) >= 11 is 0. The highest BCUT2D eigenvalue weighted by Gasteiger charge is 2.42. The van der Waals surface area contributed by atoms with E-state index >= 15 is 4.39 Å². The third-order valence-corrected chi connectivity index (χ3v) is 8.32. The Morgan fingerprint density at radius 1 is 1.16 bits per heavy atom. The van der Waals surface area contributed by atoms with Gasteiger partial charge in [0.2, 0.25) is 5.91 Å². The van der Waals surface area contributed by atoms with E-state index in [0.717, 1.165) is 37.3 Å². The van der Waals surface area contributed by atoms with Crippen molar-refractivity contribution < 1.29 is 36.8 Å². The van der Waals surface area contributed by atoms with Crippen LogP contribution >= 0.6 is 0 Å². The number of hydrogen-bond acceptors (Lipinski definition) is 8. The average molecular weight is 638 g/mol. The van der Waals surface area contributed by atoms with E-state index < -0.39 is 48.3 Å². The van der Waals surface area contributed by atoms with Gasteiger partial charge in [0.1, 0.15) is 23.2 Å². The van der Waals surface area contributed by atoms with Crippen molar-refractivity contribution in [2.75, 3.05) is 37.7 Å². The van der Waals surface area contributed by atoms with Crippen LogP contribution in [0.2, 0.25) is 0 Å². The molecule has 2 atom stereocenters. The normalized spacial score (nSPS) is 18.6. The smallest absolute Gasteiger partial charge is 0.408 e. The van der Waals surface area contributed by atoms with Crippen LogP contribution in [-0.2, 0) is 16.0 Å². The minimum absolute atomic E-state index is 0.143. The van der Waals surface area contributed by atoms with E-state index in [0.29, 0.717) is 36.0 Å². The van der Waals surface area contributed by atoms with Crippen LogP contribution in [0.25, 0.3) is 0 Å². The first kappa shape index (κ1) is 34.4. The van der Waals surface area contributed by atoms with Crippen molar-refractivity contribution in [3.63, 3.8) is 0 Å². The summed E-state index contributed by atoms with van der Waals surface area (Å²) in [5.74, 6) is -2.16. The zero-order valence-electron chi connectivity index (χ0n) is 27.1. The number of ether oxygens (including phenoxy) is 2. The van der Waals surface area contributed by atoms with Crippen molar-refractivity contribution in [3.8, 4) is 5.75 Å². The van der Waals surface area contributed by atoms with Crippen LogP contribution in [0.4, 0.5) is 24.0 Å². The molecule has 0 radical (unpaired) electrons. The SMILES string of the molecule is CC(C)c1noc(N2CCC(C(C)CCOc3ccc(CC(NC(=O)OC(C)(C)C)C(=O)N4CCC(F)(F)C4)c(F)c3)CC2)n1. The number of anilines is 1. The lowest BCUT2D eigenvalue weighted by Gasteiger charge is -2.33. The zero-order chi connectivity index (χ0) is 32.9. The van der Waals surface area contributed by atoms with Gasteiger partial charge in [-0.05, 0) is 63.5 Å². The first-order valence-electron chi connectivity index (χ1n) is 15.8. The second-order valence-corrected chi connectivity index (χ2v) is 13.6. The fraction of sp³-hybridized carbons (Fsp3) is 0.688. The van der Waals surface area contributed by atoms with Crippen LogP contribution in [0.3, 0.4) is 0 Å². The fourth-order valence-electron chi connectivity index (χ4n) is 5.65. The van der Waals surface area contributed by atoms with Crippen molar-refractivity contribution in [3.05, 3.63) is 35.4 Å². The Bertz CT molecular complexity index is 1310. The van der Waals surface area contributed by atoms with Gasteiger partial charge in [-0.15, -0.1) is 0 Å². The number of alkyl halides is 2. The Kier molecular flexibility index (Phi) is 10.9. The van der Waals surface area contributed by atoms with Gasteiger partial charge in [-0.25, -0.2) is 18.0 Å². The molecule has 2 aliphatic heterocycles. The number of carbonyl (C=O) groups excluding carboxylic acids is 2. The van der Waals surface area contributed by atoms with Crippen LogP contribution in [0.5, 0.6) is 5.75 Å². The summed E-state index contributed by atoms with van der Waals surface area (Å²) < 4.78 is 59.4. The zero-order valence-corrected chi connectivity index (χ0v) is 27.1. The number of benzene rings is 1. The van der Waals surface area contributed by atoms with Gasteiger partial charge in [0.05, 0.1) is 13.2 Å². The predicted molar refractivity (Wildman–Crippen MR) is 162 cm³/mol. The van der Waals surface area contributed by atoms with E-state index in [-0.39, 0.29) is 24.4 Å². The van der Waals surface area contributed by atoms with Crippen molar-refractivity contribution in [2.45, 2.75) is 97.1 Å². The molecule has 0 spiro atoms. The summed E-state index contributed by atoms with van der Waals surface area (Å²) in [4.78, 5) is 33.2. The van der Waals surface area contributed by atoms with Crippen molar-refractivity contribution in [2.24, 2.45) is 11.8 Å². The van der Waals surface area contributed by atoms with Crippen LogP contribution in [0, 0.1) is 17.7 Å². The minimum atomic E-state index is -3.00. The van der Waals surface area contributed by atoms with Gasteiger partial charge in [0, 0.05) is 44.5 Å². The van der Waals surface area contributed by atoms with E-state index in [2.05, 4.69) is 27.3 Å². The molecule has 1 aromatic heterocycles. The summed E-state index contributed by atoms with van der Waals surface area (Å²) in [6, 6.07) is 3.64. The van der Waals surface area contributed by atoms with Gasteiger partial charge >= 0.3 is 12.1 Å². The molecule has 2 fully saturated rings. The topological polar surface area (TPSA) is 110 Å². The molecular weight excluding hydrogens is 591 g/mol. The second-order valence-electron chi connectivity index (χ2n) is 13.6. The second kappa shape index (κ2) is 14.3. The maximum Gasteiger partial charge on any atom is 0.408 e. The number of aromatic nitrogens is 2. The Hall–Kier alpha value is -3.51. The molecule has 0 saturated carbocycles. The molecule has 45 heavy (non-hydrogen) atoms. The molecule has 2 aliphatic rings. The van der Waals surface area contributed by atoms with Crippen molar-refractivity contribution >= 4 is 18.0 Å². The average Bonchev–Trinajstić information content (AvgIpc) is 3.59. The number of hydrogen-bond donors (Lipinski definition) is 1. The molecule has 3 heterocycles. The van der Waals surface area contributed by atoms with Gasteiger partial charge in [-0.2, -0.15) is 4.98 Å². The molecule has 2 amide bonds. The molecular formula is C32H46F3N5O5. The van der Waals surface area contributed by atoms with Crippen molar-refractivity contribution in [1.82, 2.24) is 20.4 Å². The Morgan fingerprint density at radius 2 is 1.87 bits per heavy atom. The van der Waals surface area contributed by atoms with E-state index in [1.807, 2.05) is 13.8 Å². The maximum atomic E-state index is 15.2. The number of rotatable bonds is 11. The summed E-state index contributed by atoms with van der Waals surface area (Å²) in [7, 11) is 0. The predicted octanol–water partition coefficient (Wildman–Crippen LogP) is 5.96. The highest BCUT2D eigenvalue weighted by molar-refractivity contribution is 5.86. The van der Waals surface area contributed by atoms with Gasteiger partial charge in [-0.3, -0.25) is 4.79 Å². The number of amides is 2. The van der Waals surface area contributed by atoms with Gasteiger partial charge in [0.25, 0.3) is 5.92 Å². The first-order chi connectivity index (χ1) is 21.1. The number of alkyl carbamates (subject to hydrolysis) is 1. The van der Waals surface area contributed by atoms with Crippen LogP contribution < -0.4 is 15.0 Å². The number of likely N-dealkylation sites (tertiary alicyclic amines) is 1. The van der Waals surface area contributed by atoms with E-state index in [1.165, 1.54) is 12.1 Å². The molecule has 13 heteroatoms. The van der Waals surface area contributed by atoms with Crippen LogP contribution in [0.15, 0.2) is 22.7 Å². The molecule has 0 aliphatic carbocycles. The lowest BCUT2D eigenvalue weighted by Crippen LogP contribution is -2.50. The molecule has 0 bridgehead atoms. The van der Waals surface area contributed by atoms with Gasteiger partial charge in [-0.1, -0.05) is 32.0 Å². The monoisotopic (exact) mass is 637 g/mol. The molecule has 1 aromatic carbocycles. The highest BCUT2D eigenvalue weighted by Crippen LogP contribution is 2.31. The number of piperidine rings is 1. The van der Waals surface area contributed by atoms with Crippen molar-refractivity contribution in [1.29, 1.82) is 0 Å². The van der Waals surface area contributed by atoms with E-state index in [9.17, 15) is 18.4 Å². The lowest BCUT2D eigenvalue weighted by molar-refractivity contribution is -0.133. The fourth-order valence-corrected chi connectivity index (χ4v) is 5.65. The largest absolute Gasteiger partial charge is 0.493 e. The summed E-state index contributed by atoms with van der Waals surface area (Å²) in [5, 5.41) is 6.51. The molecule has 2 aromatic rings. The highest BCUT2D eigenvalue weighted by atomic mass is 19.3. The standard InChI is InChI=1S/C32H46F3N5O5/c1-20(2)27-37-29(45-38-27)39-13-9-22(10-14-39)21(3)11-16-43-24-8-7-23(25(33)18-24)17-26(36-30(42)44-31(4,5)6)28(41)40-15-12-32(34,35)19-40/h7-8,18,20-22,26H,9-17,19H2,1-6H3,(H,36,42). The Balaban J connectivity index is 1.29. The van der Waals surface area contributed by atoms with E-state index in [1.54, 1.807) is 26.8 Å². The maximum absolute atomic E-state index is 15.2. The number of halogens is 3. The number of nitrogens with zero attached hydrogens (tertiary/aromatic N) is 4. The molecule has 1 N–H and O–H groups in total. The summed E-state index contributed by atoms with van der Waals surface area (Å²) in [6.07, 6.45) is 1.21. The Labute approximate surface area is 263 Å².